The van der Waals surface area contributed by atoms with Gasteiger partial charge in [-0.2, -0.15) is 5.10 Å². The van der Waals surface area contributed by atoms with Gasteiger partial charge in [-0.25, -0.2) is 9.48 Å². The molecule has 7 nitrogen and oxygen atoms in total. The molecule has 3 heterocycles. The van der Waals surface area contributed by atoms with Crippen LogP contribution in [0.25, 0.3) is 37.7 Å². The first-order chi connectivity index (χ1) is 18.0. The summed E-state index contributed by atoms with van der Waals surface area (Å²) < 4.78 is 9.43. The Bertz CT molecular complexity index is 1800. The molecule has 0 aliphatic heterocycles. The molecule has 1 amide bonds. The Kier molecular flexibility index (Phi) is 5.73. The number of carbonyl (C=O) groups excluding carboxylic acids is 2. The molecule has 184 valence electrons. The number of ether oxygens (including phenoxy) is 1. The molecular formula is C29H24N4O3S. The van der Waals surface area contributed by atoms with Gasteiger partial charge < -0.3 is 14.6 Å². The van der Waals surface area contributed by atoms with Gasteiger partial charge in [0, 0.05) is 39.4 Å². The lowest BCUT2D eigenvalue weighted by atomic mass is 10.1. The van der Waals surface area contributed by atoms with Crippen LogP contribution in [0.2, 0.25) is 0 Å². The lowest BCUT2D eigenvalue weighted by Gasteiger charge is -2.07. The Hall–Kier alpha value is -4.43. The molecule has 0 aliphatic rings. The molecule has 0 bridgehead atoms. The van der Waals surface area contributed by atoms with Crippen molar-refractivity contribution in [2.75, 3.05) is 11.9 Å². The van der Waals surface area contributed by atoms with Crippen molar-refractivity contribution in [3.8, 4) is 5.69 Å². The number of hydrogen-bond acceptors (Lipinski definition) is 5. The first-order valence-corrected chi connectivity index (χ1v) is 12.9. The maximum Gasteiger partial charge on any atom is 0.348 e. The molecule has 0 saturated carbocycles. The van der Waals surface area contributed by atoms with Crippen LogP contribution in [0, 0.1) is 6.92 Å². The molecule has 0 aliphatic carbocycles. The number of anilines is 1. The fraction of sp³-hybridized carbons (Fsp3) is 0.138. The summed E-state index contributed by atoms with van der Waals surface area (Å²) in [6.45, 7) is 4.51. The van der Waals surface area contributed by atoms with E-state index in [2.05, 4.69) is 34.0 Å². The quantitative estimate of drug-likeness (QED) is 0.267. The molecule has 6 rings (SSSR count). The zero-order chi connectivity index (χ0) is 25.5. The number of hydrogen-bond donors (Lipinski definition) is 1. The Balaban J connectivity index is 1.17. The summed E-state index contributed by atoms with van der Waals surface area (Å²) in [5.41, 5.74) is 4.68. The normalized spacial score (nSPS) is 11.4. The van der Waals surface area contributed by atoms with Crippen molar-refractivity contribution < 1.29 is 14.3 Å². The molecule has 3 aromatic carbocycles. The summed E-state index contributed by atoms with van der Waals surface area (Å²) in [5, 5.41) is 10.6. The fourth-order valence-electron chi connectivity index (χ4n) is 4.76. The summed E-state index contributed by atoms with van der Waals surface area (Å²) in [6.07, 6.45) is 0. The van der Waals surface area contributed by atoms with E-state index in [0.29, 0.717) is 10.6 Å². The molecule has 0 spiro atoms. The third-order valence-electron chi connectivity index (χ3n) is 6.45. The molecule has 3 aromatic heterocycles. The average molecular weight is 509 g/mol. The zero-order valence-corrected chi connectivity index (χ0v) is 21.2. The average Bonchev–Trinajstić information content (AvgIpc) is 3.59. The Morgan fingerprint density at radius 3 is 2.49 bits per heavy atom. The van der Waals surface area contributed by atoms with Crippen LogP contribution in [0.3, 0.4) is 0 Å². The first kappa shape index (κ1) is 23.0. The minimum atomic E-state index is -0.531. The van der Waals surface area contributed by atoms with Crippen molar-refractivity contribution >= 4 is 60.9 Å². The van der Waals surface area contributed by atoms with E-state index >= 15 is 0 Å². The van der Waals surface area contributed by atoms with E-state index < -0.39 is 5.97 Å². The van der Waals surface area contributed by atoms with Gasteiger partial charge in [0.1, 0.15) is 9.71 Å². The summed E-state index contributed by atoms with van der Waals surface area (Å²) in [6, 6.07) is 25.6. The highest BCUT2D eigenvalue weighted by molar-refractivity contribution is 7.20. The monoisotopic (exact) mass is 508 g/mol. The third kappa shape index (κ3) is 4.05. The highest BCUT2D eigenvalue weighted by Gasteiger charge is 2.19. The number of esters is 1. The smallest absolute Gasteiger partial charge is 0.348 e. The Morgan fingerprint density at radius 2 is 1.68 bits per heavy atom. The number of fused-ring (bicyclic) bond motifs is 4. The summed E-state index contributed by atoms with van der Waals surface area (Å²) in [5.74, 6) is -0.920. The van der Waals surface area contributed by atoms with Crippen LogP contribution in [-0.4, -0.2) is 32.8 Å². The molecule has 6 aromatic rings. The van der Waals surface area contributed by atoms with Gasteiger partial charge in [0.2, 0.25) is 0 Å². The largest absolute Gasteiger partial charge is 0.451 e. The number of para-hydroxylation sites is 2. The van der Waals surface area contributed by atoms with Gasteiger partial charge in [-0.1, -0.05) is 36.4 Å². The summed E-state index contributed by atoms with van der Waals surface area (Å²) >= 11 is 1.30. The molecule has 8 heteroatoms. The van der Waals surface area contributed by atoms with E-state index in [4.69, 9.17) is 4.74 Å². The number of aryl methyl sites for hydroxylation is 2. The number of thiophene rings is 1. The minimum absolute atomic E-state index is 0.369. The van der Waals surface area contributed by atoms with Crippen LogP contribution in [-0.2, 0) is 16.1 Å². The number of nitrogens with zero attached hydrogens (tertiary/aromatic N) is 3. The second-order valence-electron chi connectivity index (χ2n) is 8.78. The lowest BCUT2D eigenvalue weighted by molar-refractivity contribution is -0.119. The number of amides is 1. The van der Waals surface area contributed by atoms with E-state index in [0.717, 1.165) is 49.9 Å². The van der Waals surface area contributed by atoms with Crippen molar-refractivity contribution in [3.63, 3.8) is 0 Å². The SMILES string of the molecule is CCn1c2ccccc2c2cc(NC(=O)COC(=O)c3cc4c(C)nn(-c5ccccc5)c4s3)ccc21. The van der Waals surface area contributed by atoms with E-state index in [1.165, 1.54) is 11.3 Å². The second-order valence-corrected chi connectivity index (χ2v) is 9.81. The fourth-order valence-corrected chi connectivity index (χ4v) is 5.84. The van der Waals surface area contributed by atoms with Gasteiger partial charge >= 0.3 is 5.97 Å². The molecular weight excluding hydrogens is 484 g/mol. The van der Waals surface area contributed by atoms with Crippen LogP contribution >= 0.6 is 11.3 Å². The van der Waals surface area contributed by atoms with Gasteiger partial charge in [0.05, 0.1) is 11.4 Å². The summed E-state index contributed by atoms with van der Waals surface area (Å²) in [7, 11) is 0. The van der Waals surface area contributed by atoms with Gasteiger partial charge in [0.25, 0.3) is 5.91 Å². The third-order valence-corrected chi connectivity index (χ3v) is 7.54. The van der Waals surface area contributed by atoms with Gasteiger partial charge in [-0.3, -0.25) is 4.79 Å². The van der Waals surface area contributed by atoms with E-state index in [1.54, 1.807) is 6.07 Å². The Morgan fingerprint density at radius 1 is 0.919 bits per heavy atom. The van der Waals surface area contributed by atoms with E-state index in [9.17, 15) is 9.59 Å². The van der Waals surface area contributed by atoms with Gasteiger partial charge in [0.15, 0.2) is 6.61 Å². The predicted molar refractivity (Wildman–Crippen MR) is 148 cm³/mol. The second kappa shape index (κ2) is 9.22. The first-order valence-electron chi connectivity index (χ1n) is 12.1. The minimum Gasteiger partial charge on any atom is -0.451 e. The maximum absolute atomic E-state index is 12.8. The zero-order valence-electron chi connectivity index (χ0n) is 20.4. The van der Waals surface area contributed by atoms with Crippen LogP contribution in [0.5, 0.6) is 0 Å². The van der Waals surface area contributed by atoms with Gasteiger partial charge in [-0.15, -0.1) is 11.3 Å². The molecule has 37 heavy (non-hydrogen) atoms. The number of aromatic nitrogens is 3. The van der Waals surface area contributed by atoms with Crippen LogP contribution < -0.4 is 5.32 Å². The molecule has 1 N–H and O–H groups in total. The molecule has 0 atom stereocenters. The molecule has 0 saturated heterocycles. The molecule has 0 unspecified atom stereocenters. The highest BCUT2D eigenvalue weighted by atomic mass is 32.1. The number of nitrogens with one attached hydrogen (secondary N) is 1. The van der Waals surface area contributed by atoms with E-state index in [1.807, 2.05) is 72.3 Å². The van der Waals surface area contributed by atoms with E-state index in [-0.39, 0.29) is 12.5 Å². The van der Waals surface area contributed by atoms with Crippen molar-refractivity contribution in [2.45, 2.75) is 20.4 Å². The van der Waals surface area contributed by atoms with Crippen LogP contribution in [0.4, 0.5) is 5.69 Å². The highest BCUT2D eigenvalue weighted by Crippen LogP contribution is 2.32. The van der Waals surface area contributed by atoms with Crippen molar-refractivity contribution in [3.05, 3.63) is 89.4 Å². The van der Waals surface area contributed by atoms with Crippen molar-refractivity contribution in [1.82, 2.24) is 14.3 Å². The molecule has 0 fully saturated rings. The Labute approximate surface area is 216 Å². The van der Waals surface area contributed by atoms with Crippen LogP contribution in [0.1, 0.15) is 22.3 Å². The van der Waals surface area contributed by atoms with Crippen LogP contribution in [0.15, 0.2) is 78.9 Å². The molecule has 0 radical (unpaired) electrons. The number of benzene rings is 3. The maximum atomic E-state index is 12.8. The van der Waals surface area contributed by atoms with Crippen molar-refractivity contribution in [2.24, 2.45) is 0 Å². The topological polar surface area (TPSA) is 78.2 Å². The van der Waals surface area contributed by atoms with Gasteiger partial charge in [-0.05, 0) is 56.3 Å². The predicted octanol–water partition coefficient (Wildman–Crippen LogP) is 6.32. The number of rotatable bonds is 6. The standard InChI is InChI=1S/C29H24N4O3S/c1-3-32-24-12-8-7-11-21(24)23-15-19(13-14-25(23)32)30-27(34)17-36-29(35)26-16-22-18(2)31-33(28(22)37-26)20-9-5-4-6-10-20/h4-16H,3,17H2,1-2H3,(H,30,34). The summed E-state index contributed by atoms with van der Waals surface area (Å²) in [4.78, 5) is 26.7. The van der Waals surface area contributed by atoms with Crippen molar-refractivity contribution in [1.29, 1.82) is 0 Å². The number of carbonyl (C=O) groups is 2. The lowest BCUT2D eigenvalue weighted by Crippen LogP contribution is -2.20.